The second-order valence-corrected chi connectivity index (χ2v) is 7.28. The van der Waals surface area contributed by atoms with Gasteiger partial charge in [0.2, 0.25) is 0 Å². The molecule has 3 aliphatic heterocycles. The molecule has 150 valence electrons. The maximum Gasteiger partial charge on any atom is 0.322 e. The van der Waals surface area contributed by atoms with Gasteiger partial charge in [0.25, 0.3) is 11.8 Å². The maximum atomic E-state index is 12.8. The SMILES string of the molecule is C=CC1=C(/C=C\C)CN(CC2(C3CCN(C(N)=O)CC3)NC(=O)NC2=O)C1=O. The summed E-state index contributed by atoms with van der Waals surface area (Å²) in [5, 5.41) is 5.08. The van der Waals surface area contributed by atoms with Crippen molar-refractivity contribution in [2.75, 3.05) is 26.2 Å². The minimum absolute atomic E-state index is 0.0586. The molecule has 0 aliphatic carbocycles. The minimum Gasteiger partial charge on any atom is -0.351 e. The Morgan fingerprint density at radius 1 is 1.32 bits per heavy atom. The highest BCUT2D eigenvalue weighted by atomic mass is 16.2. The molecule has 2 fully saturated rings. The van der Waals surface area contributed by atoms with Crippen LogP contribution in [0.4, 0.5) is 9.59 Å². The molecule has 3 heterocycles. The fraction of sp³-hybridized carbons (Fsp3) is 0.474. The van der Waals surface area contributed by atoms with Gasteiger partial charge in [-0.25, -0.2) is 9.59 Å². The first-order chi connectivity index (χ1) is 13.3. The second-order valence-electron chi connectivity index (χ2n) is 7.28. The number of urea groups is 2. The number of nitrogens with one attached hydrogen (secondary N) is 2. The first kappa shape index (κ1) is 19.7. The number of carbonyl (C=O) groups excluding carboxylic acids is 4. The number of hydrogen-bond acceptors (Lipinski definition) is 4. The second kappa shape index (κ2) is 7.49. The van der Waals surface area contributed by atoms with E-state index in [1.165, 1.54) is 11.0 Å². The number of nitrogens with zero attached hydrogens (tertiary/aromatic N) is 2. The van der Waals surface area contributed by atoms with Crippen LogP contribution in [0, 0.1) is 5.92 Å². The van der Waals surface area contributed by atoms with Crippen LogP contribution in [0.25, 0.3) is 0 Å². The van der Waals surface area contributed by atoms with Crippen LogP contribution in [0.2, 0.25) is 0 Å². The smallest absolute Gasteiger partial charge is 0.322 e. The first-order valence-electron chi connectivity index (χ1n) is 9.28. The minimum atomic E-state index is -1.23. The zero-order chi connectivity index (χ0) is 20.5. The standard InChI is InChI=1S/C19H25N5O4/c1-3-5-12-10-24(15(25)14(12)4-2)11-19(16(26)21-18(28)22-19)13-6-8-23(9-7-13)17(20)27/h3-5,13H,2,6-11H2,1H3,(H2,20,27)(H2,21,22,26,28)/b5-3-. The van der Waals surface area contributed by atoms with Crippen molar-refractivity contribution in [1.82, 2.24) is 20.4 Å². The van der Waals surface area contributed by atoms with Crippen LogP contribution >= 0.6 is 0 Å². The first-order valence-corrected chi connectivity index (χ1v) is 9.28. The summed E-state index contributed by atoms with van der Waals surface area (Å²) >= 11 is 0. The van der Waals surface area contributed by atoms with E-state index >= 15 is 0 Å². The van der Waals surface area contributed by atoms with Gasteiger partial charge in [-0.2, -0.15) is 0 Å². The molecular weight excluding hydrogens is 362 g/mol. The average molecular weight is 387 g/mol. The van der Waals surface area contributed by atoms with Gasteiger partial charge in [-0.15, -0.1) is 0 Å². The molecule has 3 aliphatic rings. The number of carbonyl (C=O) groups is 4. The van der Waals surface area contributed by atoms with Crippen LogP contribution in [0.5, 0.6) is 0 Å². The lowest BCUT2D eigenvalue weighted by molar-refractivity contribution is -0.131. The number of likely N-dealkylation sites (tertiary alicyclic amines) is 1. The molecule has 4 N–H and O–H groups in total. The zero-order valence-corrected chi connectivity index (χ0v) is 15.9. The molecule has 1 unspecified atom stereocenters. The monoisotopic (exact) mass is 387 g/mol. The summed E-state index contributed by atoms with van der Waals surface area (Å²) in [4.78, 5) is 52.0. The molecule has 28 heavy (non-hydrogen) atoms. The van der Waals surface area contributed by atoms with Gasteiger partial charge < -0.3 is 20.9 Å². The maximum absolute atomic E-state index is 12.8. The number of piperidine rings is 1. The molecular formula is C19H25N5O4. The van der Waals surface area contributed by atoms with Crippen molar-refractivity contribution in [3.63, 3.8) is 0 Å². The number of imide groups is 1. The Morgan fingerprint density at radius 2 is 2.00 bits per heavy atom. The molecule has 9 heteroatoms. The van der Waals surface area contributed by atoms with Crippen molar-refractivity contribution in [3.8, 4) is 0 Å². The van der Waals surface area contributed by atoms with Crippen LogP contribution < -0.4 is 16.4 Å². The fourth-order valence-corrected chi connectivity index (χ4v) is 4.29. The molecule has 1 atom stereocenters. The van der Waals surface area contributed by atoms with E-state index in [4.69, 9.17) is 5.73 Å². The summed E-state index contributed by atoms with van der Waals surface area (Å²) in [6.07, 6.45) is 6.21. The van der Waals surface area contributed by atoms with E-state index in [1.807, 2.05) is 19.1 Å². The van der Waals surface area contributed by atoms with Gasteiger partial charge >= 0.3 is 12.1 Å². The molecule has 2 saturated heterocycles. The number of rotatable bonds is 5. The average Bonchev–Trinajstić information content (AvgIpc) is 3.11. The quantitative estimate of drug-likeness (QED) is 0.585. The zero-order valence-electron chi connectivity index (χ0n) is 15.9. The Hall–Kier alpha value is -3.10. The highest BCUT2D eigenvalue weighted by Crippen LogP contribution is 2.34. The fourth-order valence-electron chi connectivity index (χ4n) is 4.29. The molecule has 0 aromatic rings. The predicted molar refractivity (Wildman–Crippen MR) is 102 cm³/mol. The summed E-state index contributed by atoms with van der Waals surface area (Å²) in [6, 6.07) is -1.07. The molecule has 6 amide bonds. The summed E-state index contributed by atoms with van der Waals surface area (Å²) in [5.74, 6) is -0.881. The van der Waals surface area contributed by atoms with E-state index in [1.54, 1.807) is 4.90 Å². The lowest BCUT2D eigenvalue weighted by atomic mass is 9.77. The largest absolute Gasteiger partial charge is 0.351 e. The van der Waals surface area contributed by atoms with Gasteiger partial charge in [0, 0.05) is 25.2 Å². The van der Waals surface area contributed by atoms with E-state index in [-0.39, 0.29) is 18.4 Å². The van der Waals surface area contributed by atoms with E-state index < -0.39 is 23.5 Å². The summed E-state index contributed by atoms with van der Waals surface area (Å²) in [7, 11) is 0. The van der Waals surface area contributed by atoms with Crippen LogP contribution in [-0.4, -0.2) is 65.4 Å². The van der Waals surface area contributed by atoms with E-state index in [9.17, 15) is 19.2 Å². The molecule has 0 aromatic heterocycles. The van der Waals surface area contributed by atoms with E-state index in [2.05, 4.69) is 17.2 Å². The number of amides is 6. The van der Waals surface area contributed by atoms with Crippen LogP contribution in [0.15, 0.2) is 36.0 Å². The summed E-state index contributed by atoms with van der Waals surface area (Å²) < 4.78 is 0. The van der Waals surface area contributed by atoms with Gasteiger partial charge in [-0.1, -0.05) is 24.8 Å². The van der Waals surface area contributed by atoms with Crippen molar-refractivity contribution in [2.24, 2.45) is 11.7 Å². The Bertz CT molecular complexity index is 794. The Morgan fingerprint density at radius 3 is 2.50 bits per heavy atom. The third-order valence-corrected chi connectivity index (χ3v) is 5.71. The van der Waals surface area contributed by atoms with Gasteiger partial charge in [0.15, 0.2) is 0 Å². The van der Waals surface area contributed by atoms with Gasteiger partial charge in [0.1, 0.15) is 5.54 Å². The lowest BCUT2D eigenvalue weighted by Crippen LogP contribution is -2.62. The van der Waals surface area contributed by atoms with Crippen molar-refractivity contribution in [2.45, 2.75) is 25.3 Å². The number of allylic oxidation sites excluding steroid dienone is 1. The van der Waals surface area contributed by atoms with Gasteiger partial charge in [-0.3, -0.25) is 14.9 Å². The molecule has 0 aromatic carbocycles. The van der Waals surface area contributed by atoms with Crippen molar-refractivity contribution < 1.29 is 19.2 Å². The number of nitrogens with two attached hydrogens (primary N) is 1. The van der Waals surface area contributed by atoms with Crippen molar-refractivity contribution in [3.05, 3.63) is 36.0 Å². The normalized spacial score (nSPS) is 26.2. The molecule has 3 rings (SSSR count). The van der Waals surface area contributed by atoms with Crippen molar-refractivity contribution >= 4 is 23.9 Å². The van der Waals surface area contributed by atoms with E-state index in [0.29, 0.717) is 38.0 Å². The molecule has 0 spiro atoms. The Balaban J connectivity index is 1.84. The molecule has 0 bridgehead atoms. The van der Waals surface area contributed by atoms with Crippen LogP contribution in [0.1, 0.15) is 19.8 Å². The topological polar surface area (TPSA) is 125 Å². The highest BCUT2D eigenvalue weighted by Gasteiger charge is 2.54. The molecule has 0 radical (unpaired) electrons. The number of hydrogen-bond donors (Lipinski definition) is 3. The summed E-state index contributed by atoms with van der Waals surface area (Å²) in [6.45, 7) is 6.78. The Labute approximate surface area is 163 Å². The molecule has 0 saturated carbocycles. The third kappa shape index (κ3) is 3.28. The number of primary amides is 1. The van der Waals surface area contributed by atoms with Gasteiger partial charge in [-0.05, 0) is 31.3 Å². The van der Waals surface area contributed by atoms with Gasteiger partial charge in [0.05, 0.1) is 6.54 Å². The summed E-state index contributed by atoms with van der Waals surface area (Å²) in [5.41, 5.74) is 5.44. The van der Waals surface area contributed by atoms with Crippen LogP contribution in [-0.2, 0) is 9.59 Å². The van der Waals surface area contributed by atoms with Crippen molar-refractivity contribution in [1.29, 1.82) is 0 Å². The highest BCUT2D eigenvalue weighted by molar-refractivity contribution is 6.08. The predicted octanol–water partition coefficient (Wildman–Crippen LogP) is 0.256. The van der Waals surface area contributed by atoms with E-state index in [0.717, 1.165) is 5.57 Å². The van der Waals surface area contributed by atoms with Crippen LogP contribution in [0.3, 0.4) is 0 Å². The third-order valence-electron chi connectivity index (χ3n) is 5.71. The molecule has 9 nitrogen and oxygen atoms in total. The Kier molecular flexibility index (Phi) is 5.26. The lowest BCUT2D eigenvalue weighted by Gasteiger charge is -2.41.